The van der Waals surface area contributed by atoms with Gasteiger partial charge in [-0.25, -0.2) is 4.79 Å². The molecular formula is C18H19ClN2O3. The van der Waals surface area contributed by atoms with Gasteiger partial charge in [-0.1, -0.05) is 17.7 Å². The maximum absolute atomic E-state index is 12.0. The third-order valence-corrected chi connectivity index (χ3v) is 3.75. The molecule has 0 spiro atoms. The van der Waals surface area contributed by atoms with E-state index in [0.717, 1.165) is 16.8 Å². The standard InChI is InChI=1S/C18H19ClN2O3/c1-11-8-12(2)17(15(19)9-11)20-10-16(22)21-14-6-4-13(5-7-14)18(23)24-3/h4-9,20H,10H2,1-3H3,(H,21,22). The van der Waals surface area contributed by atoms with Crippen LogP contribution in [0.25, 0.3) is 0 Å². The number of carbonyl (C=O) groups excluding carboxylic acids is 2. The van der Waals surface area contributed by atoms with E-state index in [0.29, 0.717) is 16.3 Å². The lowest BCUT2D eigenvalue weighted by Gasteiger charge is -2.13. The van der Waals surface area contributed by atoms with Crippen molar-refractivity contribution in [3.63, 3.8) is 0 Å². The van der Waals surface area contributed by atoms with Gasteiger partial charge < -0.3 is 15.4 Å². The van der Waals surface area contributed by atoms with Gasteiger partial charge >= 0.3 is 5.97 Å². The molecule has 0 radical (unpaired) electrons. The number of hydrogen-bond acceptors (Lipinski definition) is 4. The van der Waals surface area contributed by atoms with E-state index in [9.17, 15) is 9.59 Å². The number of anilines is 2. The Morgan fingerprint density at radius 2 is 1.79 bits per heavy atom. The number of esters is 1. The normalized spacial score (nSPS) is 10.2. The lowest BCUT2D eigenvalue weighted by atomic mass is 10.1. The van der Waals surface area contributed by atoms with Gasteiger partial charge in [0.05, 0.1) is 29.9 Å². The van der Waals surface area contributed by atoms with E-state index in [2.05, 4.69) is 15.4 Å². The van der Waals surface area contributed by atoms with Gasteiger partial charge in [0.2, 0.25) is 5.91 Å². The predicted molar refractivity (Wildman–Crippen MR) is 95.8 cm³/mol. The number of nitrogens with one attached hydrogen (secondary N) is 2. The van der Waals surface area contributed by atoms with Crippen molar-refractivity contribution in [3.8, 4) is 0 Å². The molecule has 0 aliphatic rings. The van der Waals surface area contributed by atoms with Gasteiger partial charge in [-0.15, -0.1) is 0 Å². The third kappa shape index (κ3) is 4.49. The van der Waals surface area contributed by atoms with Gasteiger partial charge in [0.15, 0.2) is 0 Å². The summed E-state index contributed by atoms with van der Waals surface area (Å²) in [4.78, 5) is 23.4. The van der Waals surface area contributed by atoms with Crippen LogP contribution in [0, 0.1) is 13.8 Å². The van der Waals surface area contributed by atoms with Crippen molar-refractivity contribution < 1.29 is 14.3 Å². The summed E-state index contributed by atoms with van der Waals surface area (Å²) in [5, 5.41) is 6.38. The second-order valence-electron chi connectivity index (χ2n) is 5.41. The van der Waals surface area contributed by atoms with E-state index >= 15 is 0 Å². The molecule has 126 valence electrons. The zero-order chi connectivity index (χ0) is 17.7. The highest BCUT2D eigenvalue weighted by Gasteiger charge is 2.09. The van der Waals surface area contributed by atoms with Gasteiger partial charge in [0, 0.05) is 5.69 Å². The second-order valence-corrected chi connectivity index (χ2v) is 5.82. The molecule has 0 aromatic heterocycles. The van der Waals surface area contributed by atoms with Crippen LogP contribution in [0.15, 0.2) is 36.4 Å². The lowest BCUT2D eigenvalue weighted by molar-refractivity contribution is -0.114. The van der Waals surface area contributed by atoms with E-state index in [1.165, 1.54) is 7.11 Å². The van der Waals surface area contributed by atoms with Crippen LogP contribution in [-0.4, -0.2) is 25.5 Å². The molecule has 1 amide bonds. The van der Waals surface area contributed by atoms with Crippen LogP contribution in [0.2, 0.25) is 5.02 Å². The van der Waals surface area contributed by atoms with Crippen molar-refractivity contribution in [2.75, 3.05) is 24.3 Å². The summed E-state index contributed by atoms with van der Waals surface area (Å²) >= 11 is 6.20. The molecule has 6 heteroatoms. The molecule has 2 aromatic carbocycles. The molecule has 2 rings (SSSR count). The van der Waals surface area contributed by atoms with E-state index in [4.69, 9.17) is 11.6 Å². The third-order valence-electron chi connectivity index (χ3n) is 3.45. The van der Waals surface area contributed by atoms with Crippen LogP contribution in [0.4, 0.5) is 11.4 Å². The van der Waals surface area contributed by atoms with Crippen molar-refractivity contribution in [1.29, 1.82) is 0 Å². The Balaban J connectivity index is 1.95. The Morgan fingerprint density at radius 1 is 1.12 bits per heavy atom. The number of halogens is 1. The topological polar surface area (TPSA) is 67.4 Å². The van der Waals surface area contributed by atoms with Crippen molar-refractivity contribution in [2.24, 2.45) is 0 Å². The summed E-state index contributed by atoms with van der Waals surface area (Å²) in [6, 6.07) is 10.3. The fraction of sp³-hybridized carbons (Fsp3) is 0.222. The molecule has 2 N–H and O–H groups in total. The molecular weight excluding hydrogens is 328 g/mol. The average Bonchev–Trinajstić information content (AvgIpc) is 2.53. The van der Waals surface area contributed by atoms with Crippen LogP contribution in [0.5, 0.6) is 0 Å². The minimum atomic E-state index is -0.418. The van der Waals surface area contributed by atoms with Crippen molar-refractivity contribution in [3.05, 3.63) is 58.1 Å². The first-order valence-corrected chi connectivity index (χ1v) is 7.77. The molecule has 0 saturated heterocycles. The molecule has 24 heavy (non-hydrogen) atoms. The SMILES string of the molecule is COC(=O)c1ccc(NC(=O)CNc2c(C)cc(C)cc2Cl)cc1. The number of carbonyl (C=O) groups is 2. The van der Waals surface area contributed by atoms with Crippen LogP contribution in [0.1, 0.15) is 21.5 Å². The quantitative estimate of drug-likeness (QED) is 0.808. The summed E-state index contributed by atoms with van der Waals surface area (Å²) in [6.45, 7) is 3.99. The van der Waals surface area contributed by atoms with Crippen molar-refractivity contribution in [2.45, 2.75) is 13.8 Å². The van der Waals surface area contributed by atoms with E-state index < -0.39 is 5.97 Å². The Hall–Kier alpha value is -2.53. The van der Waals surface area contributed by atoms with Crippen molar-refractivity contribution in [1.82, 2.24) is 0 Å². The molecule has 5 nitrogen and oxygen atoms in total. The Kier molecular flexibility index (Phi) is 5.82. The molecule has 0 aliphatic carbocycles. The summed E-state index contributed by atoms with van der Waals surface area (Å²) in [7, 11) is 1.32. The molecule has 0 aliphatic heterocycles. The molecule has 0 atom stereocenters. The summed E-state index contributed by atoms with van der Waals surface area (Å²) in [5.74, 6) is -0.629. The zero-order valence-corrected chi connectivity index (χ0v) is 14.5. The highest BCUT2D eigenvalue weighted by atomic mass is 35.5. The Morgan fingerprint density at radius 3 is 2.38 bits per heavy atom. The Bertz CT molecular complexity index is 734. The highest BCUT2D eigenvalue weighted by Crippen LogP contribution is 2.27. The molecule has 2 aromatic rings. The van der Waals surface area contributed by atoms with Gasteiger partial charge in [-0.05, 0) is 55.3 Å². The number of benzene rings is 2. The molecule has 0 fully saturated rings. The first-order valence-electron chi connectivity index (χ1n) is 7.39. The van der Waals surface area contributed by atoms with Crippen LogP contribution >= 0.6 is 11.6 Å². The van der Waals surface area contributed by atoms with Gasteiger partial charge in [0.1, 0.15) is 0 Å². The smallest absolute Gasteiger partial charge is 0.337 e. The number of aryl methyl sites for hydroxylation is 2. The van der Waals surface area contributed by atoms with Crippen LogP contribution in [0.3, 0.4) is 0 Å². The fourth-order valence-corrected chi connectivity index (χ4v) is 2.71. The van der Waals surface area contributed by atoms with Gasteiger partial charge in [-0.3, -0.25) is 4.79 Å². The average molecular weight is 347 g/mol. The maximum Gasteiger partial charge on any atom is 0.337 e. The van der Waals surface area contributed by atoms with Crippen molar-refractivity contribution >= 4 is 34.9 Å². The largest absolute Gasteiger partial charge is 0.465 e. The molecule has 0 heterocycles. The number of ether oxygens (including phenoxy) is 1. The highest BCUT2D eigenvalue weighted by molar-refractivity contribution is 6.33. The van der Waals surface area contributed by atoms with Gasteiger partial charge in [0.25, 0.3) is 0 Å². The van der Waals surface area contributed by atoms with E-state index in [-0.39, 0.29) is 12.5 Å². The molecule has 0 unspecified atom stereocenters. The summed E-state index contributed by atoms with van der Waals surface area (Å²) < 4.78 is 4.63. The summed E-state index contributed by atoms with van der Waals surface area (Å²) in [5.41, 5.74) is 3.82. The lowest BCUT2D eigenvalue weighted by Crippen LogP contribution is -2.22. The Labute approximate surface area is 146 Å². The first kappa shape index (κ1) is 17.8. The minimum absolute atomic E-state index is 0.0857. The number of methoxy groups -OCH3 is 1. The first-order chi connectivity index (χ1) is 11.4. The van der Waals surface area contributed by atoms with E-state index in [1.807, 2.05) is 26.0 Å². The van der Waals surface area contributed by atoms with Gasteiger partial charge in [-0.2, -0.15) is 0 Å². The minimum Gasteiger partial charge on any atom is -0.465 e. The monoisotopic (exact) mass is 346 g/mol. The number of rotatable bonds is 5. The zero-order valence-electron chi connectivity index (χ0n) is 13.8. The predicted octanol–water partition coefficient (Wildman–Crippen LogP) is 3.79. The fourth-order valence-electron chi connectivity index (χ4n) is 2.32. The molecule has 0 bridgehead atoms. The van der Waals surface area contributed by atoms with E-state index in [1.54, 1.807) is 24.3 Å². The van der Waals surface area contributed by atoms with Crippen LogP contribution in [-0.2, 0) is 9.53 Å². The van der Waals surface area contributed by atoms with Crippen LogP contribution < -0.4 is 10.6 Å². The maximum atomic E-state index is 12.0. The molecule has 0 saturated carbocycles. The second kappa shape index (κ2) is 7.84. The number of hydrogen-bond donors (Lipinski definition) is 2. The number of amides is 1. The summed E-state index contributed by atoms with van der Waals surface area (Å²) in [6.07, 6.45) is 0.